The minimum atomic E-state index is -0.526. The molecule has 0 spiro atoms. The maximum absolute atomic E-state index is 11.1. The molecule has 1 aliphatic carbocycles. The molecule has 2 rings (SSSR count). The number of benzene rings is 1. The van der Waals surface area contributed by atoms with Gasteiger partial charge in [0.25, 0.3) is 0 Å². The molecule has 0 saturated heterocycles. The summed E-state index contributed by atoms with van der Waals surface area (Å²) in [4.78, 5) is 11.1. The summed E-state index contributed by atoms with van der Waals surface area (Å²) >= 11 is 0. The highest BCUT2D eigenvalue weighted by Gasteiger charge is 2.45. The normalized spacial score (nSPS) is 18.0. The molecule has 1 saturated carbocycles. The molecule has 0 radical (unpaired) electrons. The lowest BCUT2D eigenvalue weighted by Gasteiger charge is -2.34. The van der Waals surface area contributed by atoms with Crippen molar-refractivity contribution in [1.82, 2.24) is 0 Å². The average Bonchev–Trinajstić information content (AvgIpc) is 2.24. The van der Waals surface area contributed by atoms with Gasteiger partial charge in [0.1, 0.15) is 5.78 Å². The first-order valence-electron chi connectivity index (χ1n) is 5.22. The van der Waals surface area contributed by atoms with E-state index >= 15 is 0 Å². The summed E-state index contributed by atoms with van der Waals surface area (Å²) < 4.78 is 0. The monoisotopic (exact) mass is 199 g/mol. The standard InChI is InChI=1S/C13H13NO/c1-2-10-4-3-5-11(6-10)13(9-14)7-12(15)8-13/h3-6H,2,7-8H2,1H3. The van der Waals surface area contributed by atoms with E-state index in [1.807, 2.05) is 12.1 Å². The third-order valence-corrected chi connectivity index (χ3v) is 3.10. The Morgan fingerprint density at radius 2 is 2.20 bits per heavy atom. The number of ketones is 1. The Morgan fingerprint density at radius 1 is 1.47 bits per heavy atom. The van der Waals surface area contributed by atoms with Crippen molar-refractivity contribution in [1.29, 1.82) is 5.26 Å². The second kappa shape index (κ2) is 3.51. The first kappa shape index (κ1) is 9.92. The van der Waals surface area contributed by atoms with Crippen molar-refractivity contribution >= 4 is 5.78 Å². The van der Waals surface area contributed by atoms with Crippen LogP contribution >= 0.6 is 0 Å². The van der Waals surface area contributed by atoms with E-state index in [-0.39, 0.29) is 5.78 Å². The number of nitrogens with zero attached hydrogens (tertiary/aromatic N) is 1. The summed E-state index contributed by atoms with van der Waals surface area (Å²) in [6.07, 6.45) is 1.73. The molecule has 0 heterocycles. The number of nitriles is 1. The van der Waals surface area contributed by atoms with Gasteiger partial charge in [-0.3, -0.25) is 4.79 Å². The van der Waals surface area contributed by atoms with Crippen LogP contribution in [-0.2, 0) is 16.6 Å². The van der Waals surface area contributed by atoms with Crippen LogP contribution in [0.4, 0.5) is 0 Å². The van der Waals surface area contributed by atoms with Gasteiger partial charge in [0.05, 0.1) is 11.5 Å². The van der Waals surface area contributed by atoms with Crippen LogP contribution in [0.15, 0.2) is 24.3 Å². The lowest BCUT2D eigenvalue weighted by Crippen LogP contribution is -2.40. The molecule has 15 heavy (non-hydrogen) atoms. The van der Waals surface area contributed by atoms with Gasteiger partial charge in [-0.05, 0) is 17.5 Å². The van der Waals surface area contributed by atoms with Crippen LogP contribution in [0.3, 0.4) is 0 Å². The highest BCUT2D eigenvalue weighted by Crippen LogP contribution is 2.40. The Hall–Kier alpha value is -1.62. The quantitative estimate of drug-likeness (QED) is 0.733. The summed E-state index contributed by atoms with van der Waals surface area (Å²) in [6.45, 7) is 2.09. The Kier molecular flexibility index (Phi) is 2.32. The third-order valence-electron chi connectivity index (χ3n) is 3.10. The molecule has 0 bridgehead atoms. The largest absolute Gasteiger partial charge is 0.300 e. The number of Topliss-reactive ketones (excluding diaryl/α,β-unsaturated/α-hetero) is 1. The first-order chi connectivity index (χ1) is 7.20. The molecule has 0 unspecified atom stereocenters. The lowest BCUT2D eigenvalue weighted by atomic mass is 9.64. The van der Waals surface area contributed by atoms with Crippen LogP contribution in [0.2, 0.25) is 0 Å². The van der Waals surface area contributed by atoms with E-state index in [1.165, 1.54) is 5.56 Å². The van der Waals surface area contributed by atoms with E-state index in [4.69, 9.17) is 5.26 Å². The molecular weight excluding hydrogens is 186 g/mol. The fraction of sp³-hybridized carbons (Fsp3) is 0.385. The Labute approximate surface area is 89.5 Å². The van der Waals surface area contributed by atoms with E-state index in [2.05, 4.69) is 25.1 Å². The van der Waals surface area contributed by atoms with E-state index in [9.17, 15) is 4.79 Å². The molecule has 0 N–H and O–H groups in total. The average molecular weight is 199 g/mol. The van der Waals surface area contributed by atoms with Crippen LogP contribution < -0.4 is 0 Å². The summed E-state index contributed by atoms with van der Waals surface area (Å²) in [7, 11) is 0. The SMILES string of the molecule is CCc1cccc(C2(C#N)CC(=O)C2)c1. The van der Waals surface area contributed by atoms with Gasteiger partial charge in [-0.25, -0.2) is 0 Å². The zero-order chi connectivity index (χ0) is 10.9. The summed E-state index contributed by atoms with van der Waals surface area (Å²) in [5.41, 5.74) is 1.70. The molecule has 0 aromatic heterocycles. The van der Waals surface area contributed by atoms with E-state index < -0.39 is 5.41 Å². The number of rotatable bonds is 2. The van der Waals surface area contributed by atoms with Crippen molar-refractivity contribution in [2.75, 3.05) is 0 Å². The fourth-order valence-electron chi connectivity index (χ4n) is 2.06. The van der Waals surface area contributed by atoms with Gasteiger partial charge >= 0.3 is 0 Å². The van der Waals surface area contributed by atoms with Crippen LogP contribution in [0.1, 0.15) is 30.9 Å². The summed E-state index contributed by atoms with van der Waals surface area (Å²) in [5.74, 6) is 0.193. The Morgan fingerprint density at radius 3 is 2.73 bits per heavy atom. The highest BCUT2D eigenvalue weighted by molar-refractivity contribution is 5.90. The zero-order valence-corrected chi connectivity index (χ0v) is 8.79. The maximum Gasteiger partial charge on any atom is 0.136 e. The summed E-state index contributed by atoms with van der Waals surface area (Å²) in [6, 6.07) is 10.3. The molecule has 1 aromatic carbocycles. The van der Waals surface area contributed by atoms with Gasteiger partial charge in [-0.2, -0.15) is 5.26 Å². The van der Waals surface area contributed by atoms with E-state index in [0.717, 1.165) is 12.0 Å². The molecule has 0 atom stereocenters. The van der Waals surface area contributed by atoms with Gasteiger partial charge in [0, 0.05) is 12.8 Å². The lowest BCUT2D eigenvalue weighted by molar-refractivity contribution is -0.126. The molecule has 1 aliphatic rings. The summed E-state index contributed by atoms with van der Waals surface area (Å²) in [5, 5.41) is 9.17. The minimum Gasteiger partial charge on any atom is -0.300 e. The van der Waals surface area contributed by atoms with Crippen LogP contribution in [0.25, 0.3) is 0 Å². The van der Waals surface area contributed by atoms with Crippen molar-refractivity contribution in [2.24, 2.45) is 0 Å². The number of hydrogen-bond donors (Lipinski definition) is 0. The van der Waals surface area contributed by atoms with E-state index in [0.29, 0.717) is 12.8 Å². The van der Waals surface area contributed by atoms with Crippen molar-refractivity contribution in [3.05, 3.63) is 35.4 Å². The van der Waals surface area contributed by atoms with Crippen LogP contribution in [0, 0.1) is 11.3 Å². The number of aryl methyl sites for hydroxylation is 1. The van der Waals surface area contributed by atoms with Crippen LogP contribution in [0.5, 0.6) is 0 Å². The Bertz CT molecular complexity index is 434. The van der Waals surface area contributed by atoms with Crippen molar-refractivity contribution in [3.63, 3.8) is 0 Å². The van der Waals surface area contributed by atoms with Crippen molar-refractivity contribution in [3.8, 4) is 6.07 Å². The molecule has 76 valence electrons. The predicted molar refractivity (Wildman–Crippen MR) is 57.4 cm³/mol. The van der Waals surface area contributed by atoms with Gasteiger partial charge in [0.2, 0.25) is 0 Å². The molecule has 0 amide bonds. The Balaban J connectivity index is 2.36. The fourth-order valence-corrected chi connectivity index (χ4v) is 2.06. The topological polar surface area (TPSA) is 40.9 Å². The van der Waals surface area contributed by atoms with E-state index in [1.54, 1.807) is 0 Å². The van der Waals surface area contributed by atoms with Gasteiger partial charge in [-0.1, -0.05) is 31.2 Å². The molecular formula is C13H13NO. The maximum atomic E-state index is 11.1. The molecule has 1 fully saturated rings. The molecule has 2 heteroatoms. The zero-order valence-electron chi connectivity index (χ0n) is 8.79. The highest BCUT2D eigenvalue weighted by atomic mass is 16.1. The van der Waals surface area contributed by atoms with Gasteiger partial charge in [0.15, 0.2) is 0 Å². The van der Waals surface area contributed by atoms with Crippen molar-refractivity contribution in [2.45, 2.75) is 31.6 Å². The minimum absolute atomic E-state index is 0.193. The second-order valence-electron chi connectivity index (χ2n) is 4.14. The predicted octanol–water partition coefficient (Wildman–Crippen LogP) is 2.37. The number of carbonyl (C=O) groups is 1. The number of carbonyl (C=O) groups excluding carboxylic acids is 1. The first-order valence-corrected chi connectivity index (χ1v) is 5.22. The molecule has 0 aliphatic heterocycles. The third kappa shape index (κ3) is 1.55. The van der Waals surface area contributed by atoms with Gasteiger partial charge < -0.3 is 0 Å². The number of hydrogen-bond acceptors (Lipinski definition) is 2. The second-order valence-corrected chi connectivity index (χ2v) is 4.14. The van der Waals surface area contributed by atoms with Crippen LogP contribution in [-0.4, -0.2) is 5.78 Å². The molecule has 1 aromatic rings. The van der Waals surface area contributed by atoms with Gasteiger partial charge in [-0.15, -0.1) is 0 Å². The molecule has 2 nitrogen and oxygen atoms in total. The van der Waals surface area contributed by atoms with Crippen molar-refractivity contribution < 1.29 is 4.79 Å². The smallest absolute Gasteiger partial charge is 0.136 e.